The van der Waals surface area contributed by atoms with Gasteiger partial charge in [0, 0.05) is 10.5 Å². The number of hydrogen-bond acceptors (Lipinski definition) is 2. The van der Waals surface area contributed by atoms with Gasteiger partial charge in [0.1, 0.15) is 0 Å². The van der Waals surface area contributed by atoms with E-state index in [0.29, 0.717) is 12.0 Å². The molecule has 1 aliphatic rings. The third kappa shape index (κ3) is 3.72. The second-order valence-electron chi connectivity index (χ2n) is 5.31. The van der Waals surface area contributed by atoms with Crippen LogP contribution in [0.15, 0.2) is 22.7 Å². The molecule has 1 aliphatic heterocycles. The highest BCUT2D eigenvalue weighted by Crippen LogP contribution is 2.37. The number of halogens is 2. The Morgan fingerprint density at radius 1 is 1.47 bits per heavy atom. The first-order chi connectivity index (χ1) is 9.13. The van der Waals surface area contributed by atoms with Gasteiger partial charge in [-0.2, -0.15) is 0 Å². The number of piperidine rings is 1. The second kappa shape index (κ2) is 7.07. The van der Waals surface area contributed by atoms with Crippen LogP contribution < -0.4 is 5.32 Å². The summed E-state index contributed by atoms with van der Waals surface area (Å²) in [5.41, 5.74) is 1.33. The Kier molecular flexibility index (Phi) is 5.70. The van der Waals surface area contributed by atoms with Crippen molar-refractivity contribution >= 4 is 27.5 Å². The minimum Gasteiger partial charge on any atom is -0.317 e. The van der Waals surface area contributed by atoms with Gasteiger partial charge in [-0.25, -0.2) is 0 Å². The van der Waals surface area contributed by atoms with Crippen molar-refractivity contribution < 1.29 is 0 Å². The van der Waals surface area contributed by atoms with E-state index < -0.39 is 0 Å². The molecule has 106 valence electrons. The molecule has 1 fully saturated rings. The van der Waals surface area contributed by atoms with Gasteiger partial charge >= 0.3 is 0 Å². The molecule has 1 N–H and O–H groups in total. The standard InChI is InChI=1S/C15H22BrClN2/c1-3-18-10-12-5-4-8-19(2)15(12)11-6-7-13(16)14(17)9-11/h6-7,9,12,15,18H,3-5,8,10H2,1-2H3. The van der Waals surface area contributed by atoms with E-state index in [9.17, 15) is 0 Å². The fourth-order valence-electron chi connectivity index (χ4n) is 3.03. The molecule has 4 heteroatoms. The molecule has 0 radical (unpaired) electrons. The van der Waals surface area contributed by atoms with Crippen molar-refractivity contribution in [3.05, 3.63) is 33.3 Å². The van der Waals surface area contributed by atoms with E-state index in [-0.39, 0.29) is 0 Å². The molecule has 2 nitrogen and oxygen atoms in total. The number of nitrogens with zero attached hydrogens (tertiary/aromatic N) is 1. The smallest absolute Gasteiger partial charge is 0.0551 e. The molecule has 19 heavy (non-hydrogen) atoms. The normalized spacial score (nSPS) is 24.6. The molecule has 2 rings (SSSR count). The van der Waals surface area contributed by atoms with Crippen LogP contribution in [0.25, 0.3) is 0 Å². The van der Waals surface area contributed by atoms with Crippen LogP contribution in [-0.4, -0.2) is 31.6 Å². The molecule has 1 heterocycles. The third-order valence-electron chi connectivity index (χ3n) is 3.95. The summed E-state index contributed by atoms with van der Waals surface area (Å²) >= 11 is 9.72. The molecule has 0 aromatic heterocycles. The summed E-state index contributed by atoms with van der Waals surface area (Å²) in [5.74, 6) is 0.663. The van der Waals surface area contributed by atoms with Gasteiger partial charge < -0.3 is 5.32 Å². The molecule has 2 atom stereocenters. The van der Waals surface area contributed by atoms with E-state index in [2.05, 4.69) is 58.3 Å². The first-order valence-electron chi connectivity index (χ1n) is 6.99. The SMILES string of the molecule is CCNCC1CCCN(C)C1c1ccc(Br)c(Cl)c1. The summed E-state index contributed by atoms with van der Waals surface area (Å²) in [4.78, 5) is 2.46. The Hall–Kier alpha value is -0.0900. The van der Waals surface area contributed by atoms with Crippen molar-refractivity contribution in [1.82, 2.24) is 10.2 Å². The lowest BCUT2D eigenvalue weighted by molar-refractivity contribution is 0.120. The van der Waals surface area contributed by atoms with Crippen LogP contribution in [-0.2, 0) is 0 Å². The van der Waals surface area contributed by atoms with Gasteiger partial charge in [0.05, 0.1) is 5.02 Å². The minimum absolute atomic E-state index is 0.471. The van der Waals surface area contributed by atoms with Gasteiger partial charge in [0.15, 0.2) is 0 Å². The van der Waals surface area contributed by atoms with Crippen LogP contribution in [0.1, 0.15) is 31.4 Å². The Morgan fingerprint density at radius 2 is 2.26 bits per heavy atom. The summed E-state index contributed by atoms with van der Waals surface area (Å²) in [7, 11) is 2.22. The minimum atomic E-state index is 0.471. The second-order valence-corrected chi connectivity index (χ2v) is 6.57. The summed E-state index contributed by atoms with van der Waals surface area (Å²) in [6.45, 7) is 5.45. The van der Waals surface area contributed by atoms with Crippen LogP contribution in [0.4, 0.5) is 0 Å². The van der Waals surface area contributed by atoms with E-state index in [1.54, 1.807) is 0 Å². The van der Waals surface area contributed by atoms with Crippen molar-refractivity contribution in [1.29, 1.82) is 0 Å². The van der Waals surface area contributed by atoms with Crippen LogP contribution in [0.2, 0.25) is 5.02 Å². The lowest BCUT2D eigenvalue weighted by Gasteiger charge is -2.40. The first kappa shape index (κ1) is 15.3. The molecule has 1 saturated heterocycles. The Bertz CT molecular complexity index is 425. The molecule has 0 aliphatic carbocycles. The maximum atomic E-state index is 6.25. The first-order valence-corrected chi connectivity index (χ1v) is 8.16. The van der Waals surface area contributed by atoms with E-state index in [4.69, 9.17) is 11.6 Å². The van der Waals surface area contributed by atoms with Gasteiger partial charge in [-0.1, -0.05) is 24.6 Å². The average Bonchev–Trinajstić information content (AvgIpc) is 2.40. The van der Waals surface area contributed by atoms with Crippen LogP contribution >= 0.6 is 27.5 Å². The summed E-state index contributed by atoms with van der Waals surface area (Å²) in [6.07, 6.45) is 2.57. The molecule has 0 spiro atoms. The number of rotatable bonds is 4. The molecule has 0 saturated carbocycles. The quantitative estimate of drug-likeness (QED) is 0.884. The highest BCUT2D eigenvalue weighted by atomic mass is 79.9. The highest BCUT2D eigenvalue weighted by Gasteiger charge is 2.30. The molecule has 2 unspecified atom stereocenters. The maximum Gasteiger partial charge on any atom is 0.0551 e. The predicted molar refractivity (Wildman–Crippen MR) is 85.8 cm³/mol. The third-order valence-corrected chi connectivity index (χ3v) is 5.18. The largest absolute Gasteiger partial charge is 0.317 e. The van der Waals surface area contributed by atoms with Crippen molar-refractivity contribution in [3.8, 4) is 0 Å². The van der Waals surface area contributed by atoms with Crippen LogP contribution in [0, 0.1) is 5.92 Å². The molecule has 1 aromatic carbocycles. The summed E-state index contributed by atoms with van der Waals surface area (Å²) in [6, 6.07) is 6.83. The number of hydrogen-bond donors (Lipinski definition) is 1. The van der Waals surface area contributed by atoms with Crippen LogP contribution in [0.3, 0.4) is 0 Å². The van der Waals surface area contributed by atoms with Gasteiger partial charge in [-0.15, -0.1) is 0 Å². The van der Waals surface area contributed by atoms with E-state index in [0.717, 1.165) is 22.6 Å². The number of nitrogens with one attached hydrogen (secondary N) is 1. The zero-order valence-corrected chi connectivity index (χ0v) is 14.0. The van der Waals surface area contributed by atoms with Crippen molar-refractivity contribution in [2.24, 2.45) is 5.92 Å². The Morgan fingerprint density at radius 3 is 2.95 bits per heavy atom. The molecular weight excluding hydrogens is 324 g/mol. The van der Waals surface area contributed by atoms with E-state index >= 15 is 0 Å². The molecule has 1 aromatic rings. The van der Waals surface area contributed by atoms with Crippen LogP contribution in [0.5, 0.6) is 0 Å². The van der Waals surface area contributed by atoms with Gasteiger partial charge in [0.25, 0.3) is 0 Å². The maximum absolute atomic E-state index is 6.25. The number of benzene rings is 1. The topological polar surface area (TPSA) is 15.3 Å². The summed E-state index contributed by atoms with van der Waals surface area (Å²) < 4.78 is 0.972. The van der Waals surface area contributed by atoms with Gasteiger partial charge in [-0.05, 0) is 79.1 Å². The Labute approximate surface area is 129 Å². The molecule has 0 amide bonds. The van der Waals surface area contributed by atoms with Crippen molar-refractivity contribution in [2.45, 2.75) is 25.8 Å². The van der Waals surface area contributed by atoms with Gasteiger partial charge in [0.2, 0.25) is 0 Å². The Balaban J connectivity index is 2.22. The highest BCUT2D eigenvalue weighted by molar-refractivity contribution is 9.10. The van der Waals surface area contributed by atoms with Crippen molar-refractivity contribution in [3.63, 3.8) is 0 Å². The molecular formula is C15H22BrClN2. The molecule has 0 bridgehead atoms. The van der Waals surface area contributed by atoms with E-state index in [1.807, 2.05) is 0 Å². The lowest BCUT2D eigenvalue weighted by atomic mass is 9.85. The monoisotopic (exact) mass is 344 g/mol. The summed E-state index contributed by atoms with van der Waals surface area (Å²) in [5, 5.41) is 4.30. The van der Waals surface area contributed by atoms with E-state index in [1.165, 1.54) is 24.9 Å². The van der Waals surface area contributed by atoms with Gasteiger partial charge in [-0.3, -0.25) is 4.90 Å². The number of likely N-dealkylation sites (tertiary alicyclic amines) is 1. The predicted octanol–water partition coefficient (Wildman–Crippen LogP) is 4.09. The average molecular weight is 346 g/mol. The fraction of sp³-hybridized carbons (Fsp3) is 0.600. The van der Waals surface area contributed by atoms with Crippen molar-refractivity contribution in [2.75, 3.05) is 26.7 Å². The zero-order chi connectivity index (χ0) is 13.8. The zero-order valence-electron chi connectivity index (χ0n) is 11.6. The lowest BCUT2D eigenvalue weighted by Crippen LogP contribution is -2.40. The fourth-order valence-corrected chi connectivity index (χ4v) is 3.46.